The van der Waals surface area contributed by atoms with E-state index < -0.39 is 22.0 Å². The van der Waals surface area contributed by atoms with Crippen LogP contribution in [0.4, 0.5) is 5.69 Å². The van der Waals surface area contributed by atoms with Crippen molar-refractivity contribution in [3.8, 4) is 0 Å². The Labute approximate surface area is 210 Å². The molecule has 2 rings (SSSR count). The number of hydrogen-bond acceptors (Lipinski definition) is 4. The number of carbonyl (C=O) groups excluding carboxylic acids is 2. The van der Waals surface area contributed by atoms with E-state index in [-0.39, 0.29) is 24.9 Å². The van der Waals surface area contributed by atoms with Gasteiger partial charge in [-0.1, -0.05) is 56.7 Å². The molecule has 0 spiro atoms. The fourth-order valence-electron chi connectivity index (χ4n) is 3.94. The summed E-state index contributed by atoms with van der Waals surface area (Å²) in [5.41, 5.74) is 4.20. The van der Waals surface area contributed by atoms with Crippen molar-refractivity contribution < 1.29 is 18.0 Å². The van der Waals surface area contributed by atoms with Crippen LogP contribution < -0.4 is 9.62 Å². The Bertz CT molecular complexity index is 1110. The van der Waals surface area contributed by atoms with Crippen LogP contribution in [0, 0.1) is 26.7 Å². The Morgan fingerprint density at radius 3 is 2.00 bits per heavy atom. The molecule has 2 aromatic rings. The third-order valence-electron chi connectivity index (χ3n) is 5.72. The van der Waals surface area contributed by atoms with Crippen LogP contribution in [0.2, 0.25) is 0 Å². The maximum atomic E-state index is 13.7. The summed E-state index contributed by atoms with van der Waals surface area (Å²) in [4.78, 5) is 28.3. The molecular formula is C27H39N3O4S. The molecule has 0 heterocycles. The summed E-state index contributed by atoms with van der Waals surface area (Å²) in [6.07, 6.45) is 1.50. The molecule has 0 aliphatic carbocycles. The minimum atomic E-state index is -3.75. The summed E-state index contributed by atoms with van der Waals surface area (Å²) >= 11 is 0. The summed E-state index contributed by atoms with van der Waals surface area (Å²) in [5, 5.41) is 2.93. The predicted molar refractivity (Wildman–Crippen MR) is 142 cm³/mol. The molecule has 1 unspecified atom stereocenters. The standard InChI is InChI=1S/C27H39N3O4S/c1-8-25(27(32)28-16-19(2)3)29(17-23-11-9-20(4)10-12-23)26(31)18-30(35(7,33)34)24-14-21(5)13-22(6)15-24/h9-15,19,25H,8,16-18H2,1-7H3,(H,28,32). The molecule has 0 saturated carbocycles. The zero-order valence-electron chi connectivity index (χ0n) is 22.0. The van der Waals surface area contributed by atoms with Crippen molar-refractivity contribution in [3.63, 3.8) is 0 Å². The molecule has 35 heavy (non-hydrogen) atoms. The normalized spacial score (nSPS) is 12.3. The Balaban J connectivity index is 2.44. The Hall–Kier alpha value is -2.87. The van der Waals surface area contributed by atoms with Gasteiger partial charge in [-0.25, -0.2) is 8.42 Å². The van der Waals surface area contributed by atoms with Gasteiger partial charge in [-0.3, -0.25) is 13.9 Å². The highest BCUT2D eigenvalue weighted by Crippen LogP contribution is 2.22. The van der Waals surface area contributed by atoms with Crippen molar-refractivity contribution in [2.45, 2.75) is 60.5 Å². The molecule has 0 aliphatic heterocycles. The number of nitrogens with one attached hydrogen (secondary N) is 1. The smallest absolute Gasteiger partial charge is 0.244 e. The van der Waals surface area contributed by atoms with Crippen molar-refractivity contribution in [1.82, 2.24) is 10.2 Å². The average Bonchev–Trinajstić information content (AvgIpc) is 2.75. The summed E-state index contributed by atoms with van der Waals surface area (Å²) in [5.74, 6) is -0.399. The van der Waals surface area contributed by atoms with Crippen LogP contribution in [0.5, 0.6) is 0 Å². The lowest BCUT2D eigenvalue weighted by Gasteiger charge is -2.33. The number of nitrogens with zero attached hydrogens (tertiary/aromatic N) is 2. The summed E-state index contributed by atoms with van der Waals surface area (Å²) in [6, 6.07) is 12.5. The van der Waals surface area contributed by atoms with Gasteiger partial charge in [0.15, 0.2) is 0 Å². The fraction of sp³-hybridized carbons (Fsp3) is 0.481. The predicted octanol–water partition coefficient (Wildman–Crippen LogP) is 3.96. The quantitative estimate of drug-likeness (QED) is 0.505. The SMILES string of the molecule is CCC(C(=O)NCC(C)C)N(Cc1ccc(C)cc1)C(=O)CN(c1cc(C)cc(C)c1)S(C)(=O)=O. The van der Waals surface area contributed by atoms with E-state index in [0.717, 1.165) is 32.8 Å². The number of rotatable bonds is 11. The lowest BCUT2D eigenvalue weighted by atomic mass is 10.1. The van der Waals surface area contributed by atoms with E-state index in [0.29, 0.717) is 18.7 Å². The van der Waals surface area contributed by atoms with Crippen LogP contribution in [0.15, 0.2) is 42.5 Å². The molecule has 0 fully saturated rings. The van der Waals surface area contributed by atoms with E-state index in [4.69, 9.17) is 0 Å². The number of anilines is 1. The molecule has 7 nitrogen and oxygen atoms in total. The molecule has 0 aliphatic rings. The molecule has 8 heteroatoms. The van der Waals surface area contributed by atoms with E-state index >= 15 is 0 Å². The molecule has 1 N–H and O–H groups in total. The van der Waals surface area contributed by atoms with Crippen LogP contribution in [0.25, 0.3) is 0 Å². The van der Waals surface area contributed by atoms with Gasteiger partial charge in [-0.05, 0) is 61.9 Å². The molecule has 0 radical (unpaired) electrons. The average molecular weight is 502 g/mol. The number of aryl methyl sites for hydroxylation is 3. The molecule has 0 aromatic heterocycles. The first-order valence-electron chi connectivity index (χ1n) is 12.0. The van der Waals surface area contributed by atoms with E-state index in [1.807, 2.05) is 71.9 Å². The van der Waals surface area contributed by atoms with Gasteiger partial charge in [0, 0.05) is 13.1 Å². The molecule has 0 bridgehead atoms. The summed E-state index contributed by atoms with van der Waals surface area (Å²) in [7, 11) is -3.75. The topological polar surface area (TPSA) is 86.8 Å². The van der Waals surface area contributed by atoms with Crippen LogP contribution in [-0.2, 0) is 26.2 Å². The highest BCUT2D eigenvalue weighted by Gasteiger charge is 2.31. The number of benzene rings is 2. The zero-order chi connectivity index (χ0) is 26.3. The van der Waals surface area contributed by atoms with E-state index in [2.05, 4.69) is 5.32 Å². The van der Waals surface area contributed by atoms with Crippen molar-refractivity contribution in [3.05, 3.63) is 64.7 Å². The molecule has 2 amide bonds. The first-order chi connectivity index (χ1) is 16.3. The van der Waals surface area contributed by atoms with Gasteiger partial charge in [0.1, 0.15) is 12.6 Å². The van der Waals surface area contributed by atoms with E-state index in [1.165, 1.54) is 4.90 Å². The Kier molecular flexibility index (Phi) is 9.89. The largest absolute Gasteiger partial charge is 0.354 e. The minimum Gasteiger partial charge on any atom is -0.354 e. The Morgan fingerprint density at radius 2 is 1.51 bits per heavy atom. The van der Waals surface area contributed by atoms with Crippen LogP contribution in [0.1, 0.15) is 49.4 Å². The molecular weight excluding hydrogens is 462 g/mol. The van der Waals surface area contributed by atoms with Crippen molar-refractivity contribution in [2.24, 2.45) is 5.92 Å². The molecule has 1 atom stereocenters. The van der Waals surface area contributed by atoms with Gasteiger partial charge >= 0.3 is 0 Å². The second-order valence-corrected chi connectivity index (χ2v) is 11.6. The second-order valence-electron chi connectivity index (χ2n) is 9.69. The van der Waals surface area contributed by atoms with Gasteiger partial charge in [0.05, 0.1) is 11.9 Å². The van der Waals surface area contributed by atoms with Crippen molar-refractivity contribution in [2.75, 3.05) is 23.7 Å². The molecule has 192 valence electrons. The number of sulfonamides is 1. The third-order valence-corrected chi connectivity index (χ3v) is 6.86. The number of hydrogen-bond donors (Lipinski definition) is 1. The van der Waals surface area contributed by atoms with Crippen LogP contribution in [0.3, 0.4) is 0 Å². The third kappa shape index (κ3) is 8.38. The summed E-state index contributed by atoms with van der Waals surface area (Å²) in [6.45, 7) is 11.9. The van der Waals surface area contributed by atoms with Gasteiger partial charge < -0.3 is 10.2 Å². The second kappa shape index (κ2) is 12.2. The lowest BCUT2D eigenvalue weighted by molar-refractivity contribution is -0.140. The number of carbonyl (C=O) groups is 2. The maximum Gasteiger partial charge on any atom is 0.244 e. The highest BCUT2D eigenvalue weighted by molar-refractivity contribution is 7.92. The van der Waals surface area contributed by atoms with Gasteiger partial charge in [-0.2, -0.15) is 0 Å². The van der Waals surface area contributed by atoms with Gasteiger partial charge in [0.25, 0.3) is 0 Å². The van der Waals surface area contributed by atoms with Crippen molar-refractivity contribution >= 4 is 27.5 Å². The zero-order valence-corrected chi connectivity index (χ0v) is 22.8. The fourth-order valence-corrected chi connectivity index (χ4v) is 4.77. The Morgan fingerprint density at radius 1 is 0.943 bits per heavy atom. The minimum absolute atomic E-state index is 0.206. The number of amides is 2. The maximum absolute atomic E-state index is 13.7. The molecule has 2 aromatic carbocycles. The lowest BCUT2D eigenvalue weighted by Crippen LogP contribution is -2.52. The van der Waals surface area contributed by atoms with Crippen molar-refractivity contribution in [1.29, 1.82) is 0 Å². The van der Waals surface area contributed by atoms with E-state index in [9.17, 15) is 18.0 Å². The van der Waals surface area contributed by atoms with Crippen LogP contribution in [-0.4, -0.2) is 50.5 Å². The molecule has 0 saturated heterocycles. The summed E-state index contributed by atoms with van der Waals surface area (Å²) < 4.78 is 26.6. The van der Waals surface area contributed by atoms with Gasteiger partial charge in [0.2, 0.25) is 21.8 Å². The van der Waals surface area contributed by atoms with Crippen LogP contribution >= 0.6 is 0 Å². The van der Waals surface area contributed by atoms with Gasteiger partial charge in [-0.15, -0.1) is 0 Å². The van der Waals surface area contributed by atoms with E-state index in [1.54, 1.807) is 12.1 Å². The monoisotopic (exact) mass is 501 g/mol. The first-order valence-corrected chi connectivity index (χ1v) is 13.8. The highest BCUT2D eigenvalue weighted by atomic mass is 32.2. The first kappa shape index (κ1) is 28.4.